The fourth-order valence-corrected chi connectivity index (χ4v) is 6.41. The number of hydrogen-bond acceptors (Lipinski definition) is 6. The molecule has 2 aromatic carbocycles. The molecule has 174 valence electrons. The van der Waals surface area contributed by atoms with Gasteiger partial charge in [0, 0.05) is 17.7 Å². The summed E-state index contributed by atoms with van der Waals surface area (Å²) in [6, 6.07) is 13.1. The van der Waals surface area contributed by atoms with Crippen LogP contribution in [0, 0.1) is 13.8 Å². The molecule has 0 spiro atoms. The molecule has 1 N–H and O–H groups in total. The Morgan fingerprint density at radius 1 is 1.24 bits per heavy atom. The minimum Gasteiger partial charge on any atom is -0.463 e. The Kier molecular flexibility index (Phi) is 6.38. The first-order chi connectivity index (χ1) is 16.4. The van der Waals surface area contributed by atoms with Crippen LogP contribution in [0.25, 0.3) is 21.4 Å². The zero-order valence-electron chi connectivity index (χ0n) is 18.6. The molecular weight excluding hydrogens is 490 g/mol. The predicted molar refractivity (Wildman–Crippen MR) is 138 cm³/mol. The van der Waals surface area contributed by atoms with Gasteiger partial charge in [-0.3, -0.25) is 9.59 Å². The molecule has 0 radical (unpaired) electrons. The molecule has 6 nitrogen and oxygen atoms in total. The molecule has 1 fully saturated rings. The summed E-state index contributed by atoms with van der Waals surface area (Å²) in [6.45, 7) is 4.30. The number of halogens is 1. The Morgan fingerprint density at radius 3 is 2.91 bits per heavy atom. The number of carbonyl (C=O) groups is 2. The molecule has 4 aromatic rings. The van der Waals surface area contributed by atoms with Crippen LogP contribution in [0.1, 0.15) is 31.4 Å². The number of amides is 2. The summed E-state index contributed by atoms with van der Waals surface area (Å²) in [5.41, 5.74) is 3.59. The van der Waals surface area contributed by atoms with E-state index in [2.05, 4.69) is 16.4 Å². The predicted octanol–water partition coefficient (Wildman–Crippen LogP) is 5.77. The van der Waals surface area contributed by atoms with Crippen LogP contribution >= 0.6 is 34.7 Å². The van der Waals surface area contributed by atoms with E-state index in [0.29, 0.717) is 39.7 Å². The van der Waals surface area contributed by atoms with Crippen LogP contribution in [0.15, 0.2) is 53.1 Å². The average Bonchev–Trinajstić information content (AvgIpc) is 3.57. The van der Waals surface area contributed by atoms with Crippen LogP contribution in [0.5, 0.6) is 0 Å². The van der Waals surface area contributed by atoms with Gasteiger partial charge in [0.1, 0.15) is 5.69 Å². The Balaban J connectivity index is 1.34. The highest BCUT2D eigenvalue weighted by Crippen LogP contribution is 2.33. The summed E-state index contributed by atoms with van der Waals surface area (Å²) in [5.74, 6) is 0.985. The van der Waals surface area contributed by atoms with Gasteiger partial charge < -0.3 is 14.6 Å². The zero-order valence-corrected chi connectivity index (χ0v) is 21.0. The largest absolute Gasteiger partial charge is 0.463 e. The second kappa shape index (κ2) is 9.44. The SMILES string of the molecule is Cc1cccc(-c2sc(C)nc2C(=O)N2CSC[C@H]2CNC(=O)c2ccc(Cl)c3occc23)c1. The van der Waals surface area contributed by atoms with Crippen LogP contribution in [0.3, 0.4) is 0 Å². The number of furan rings is 1. The summed E-state index contributed by atoms with van der Waals surface area (Å²) in [5, 5.41) is 4.97. The first-order valence-electron chi connectivity index (χ1n) is 10.8. The number of benzene rings is 2. The number of thiazole rings is 1. The van der Waals surface area contributed by atoms with E-state index in [1.165, 1.54) is 17.6 Å². The van der Waals surface area contributed by atoms with Crippen molar-refractivity contribution in [1.82, 2.24) is 15.2 Å². The van der Waals surface area contributed by atoms with Crippen LogP contribution < -0.4 is 5.32 Å². The molecule has 5 rings (SSSR count). The maximum Gasteiger partial charge on any atom is 0.275 e. The van der Waals surface area contributed by atoms with Crippen molar-refractivity contribution in [2.75, 3.05) is 18.2 Å². The molecular formula is C25H22ClN3O3S2. The third-order valence-electron chi connectivity index (χ3n) is 5.77. The van der Waals surface area contributed by atoms with Crippen molar-refractivity contribution >= 4 is 57.5 Å². The van der Waals surface area contributed by atoms with Gasteiger partial charge >= 0.3 is 0 Å². The zero-order chi connectivity index (χ0) is 23.8. The number of aromatic nitrogens is 1. The van der Waals surface area contributed by atoms with E-state index >= 15 is 0 Å². The van der Waals surface area contributed by atoms with Gasteiger partial charge in [-0.15, -0.1) is 23.1 Å². The summed E-state index contributed by atoms with van der Waals surface area (Å²) in [7, 11) is 0. The second-order valence-electron chi connectivity index (χ2n) is 8.18. The van der Waals surface area contributed by atoms with E-state index in [1.807, 2.05) is 36.9 Å². The topological polar surface area (TPSA) is 75.4 Å². The van der Waals surface area contributed by atoms with E-state index in [0.717, 1.165) is 26.8 Å². The van der Waals surface area contributed by atoms with Gasteiger partial charge in [0.2, 0.25) is 0 Å². The number of carbonyl (C=O) groups excluding carboxylic acids is 2. The van der Waals surface area contributed by atoms with Crippen LogP contribution in [-0.4, -0.2) is 45.9 Å². The molecule has 0 unspecified atom stereocenters. The van der Waals surface area contributed by atoms with Crippen molar-refractivity contribution in [2.24, 2.45) is 0 Å². The van der Waals surface area contributed by atoms with Crippen molar-refractivity contribution in [3.63, 3.8) is 0 Å². The minimum absolute atomic E-state index is 0.103. The smallest absolute Gasteiger partial charge is 0.275 e. The van der Waals surface area contributed by atoms with Crippen LogP contribution in [-0.2, 0) is 0 Å². The molecule has 2 aromatic heterocycles. The van der Waals surface area contributed by atoms with Gasteiger partial charge in [-0.1, -0.05) is 41.4 Å². The van der Waals surface area contributed by atoms with Gasteiger partial charge in [0.05, 0.1) is 38.7 Å². The van der Waals surface area contributed by atoms with E-state index in [4.69, 9.17) is 16.0 Å². The van der Waals surface area contributed by atoms with Crippen molar-refractivity contribution in [1.29, 1.82) is 0 Å². The maximum atomic E-state index is 13.6. The molecule has 0 bridgehead atoms. The molecule has 3 heterocycles. The summed E-state index contributed by atoms with van der Waals surface area (Å²) in [4.78, 5) is 33.8. The third-order valence-corrected chi connectivity index (χ3v) is 8.17. The number of nitrogens with zero attached hydrogens (tertiary/aromatic N) is 2. The fraction of sp³-hybridized carbons (Fsp3) is 0.240. The summed E-state index contributed by atoms with van der Waals surface area (Å²) >= 11 is 9.36. The lowest BCUT2D eigenvalue weighted by Crippen LogP contribution is -2.44. The fourth-order valence-electron chi connectivity index (χ4n) is 4.10. The molecule has 34 heavy (non-hydrogen) atoms. The van der Waals surface area contributed by atoms with E-state index in [9.17, 15) is 9.59 Å². The first-order valence-corrected chi connectivity index (χ1v) is 13.1. The Bertz CT molecular complexity index is 1400. The van der Waals surface area contributed by atoms with Gasteiger partial charge in [-0.2, -0.15) is 0 Å². The lowest BCUT2D eigenvalue weighted by atomic mass is 10.1. The monoisotopic (exact) mass is 511 g/mol. The number of fused-ring (bicyclic) bond motifs is 1. The van der Waals surface area contributed by atoms with E-state index < -0.39 is 0 Å². The highest BCUT2D eigenvalue weighted by Gasteiger charge is 2.33. The summed E-state index contributed by atoms with van der Waals surface area (Å²) in [6.07, 6.45) is 1.52. The second-order valence-corrected chi connectivity index (χ2v) is 10.8. The van der Waals surface area contributed by atoms with Crippen molar-refractivity contribution in [2.45, 2.75) is 19.9 Å². The lowest BCUT2D eigenvalue weighted by Gasteiger charge is -2.24. The standard InChI is InChI=1S/C25H22ClN3O3S2/c1-14-4-3-5-16(10-14)23-21(28-15(2)34-23)25(31)29-13-33-12-17(29)11-27-24(30)19-6-7-20(26)22-18(19)8-9-32-22/h3-10,17H,11-13H2,1-2H3,(H,27,30)/t17-/m1/s1. The number of hydrogen-bond donors (Lipinski definition) is 1. The molecule has 1 atom stereocenters. The molecule has 1 aliphatic heterocycles. The van der Waals surface area contributed by atoms with Gasteiger partial charge in [0.25, 0.3) is 11.8 Å². The maximum absolute atomic E-state index is 13.6. The Labute approximate surface area is 210 Å². The molecule has 0 aliphatic carbocycles. The molecule has 1 aliphatic rings. The van der Waals surface area contributed by atoms with E-state index in [1.54, 1.807) is 30.0 Å². The Morgan fingerprint density at radius 2 is 2.09 bits per heavy atom. The number of aryl methyl sites for hydroxylation is 2. The molecule has 0 saturated carbocycles. The van der Waals surface area contributed by atoms with Crippen LogP contribution in [0.2, 0.25) is 5.02 Å². The van der Waals surface area contributed by atoms with Gasteiger partial charge in [-0.25, -0.2) is 4.98 Å². The van der Waals surface area contributed by atoms with Crippen LogP contribution in [0.4, 0.5) is 0 Å². The highest BCUT2D eigenvalue weighted by atomic mass is 35.5. The first kappa shape index (κ1) is 23.0. The molecule has 2 amide bonds. The van der Waals surface area contributed by atoms with Crippen molar-refractivity contribution in [3.05, 3.63) is 75.6 Å². The number of nitrogens with one attached hydrogen (secondary N) is 1. The number of rotatable bonds is 5. The number of thioether (sulfide) groups is 1. The normalized spacial score (nSPS) is 15.7. The van der Waals surface area contributed by atoms with Crippen molar-refractivity contribution < 1.29 is 14.0 Å². The Hall–Kier alpha value is -2.81. The van der Waals surface area contributed by atoms with Crippen molar-refractivity contribution in [3.8, 4) is 10.4 Å². The van der Waals surface area contributed by atoms with Gasteiger partial charge in [-0.05, 0) is 37.6 Å². The highest BCUT2D eigenvalue weighted by molar-refractivity contribution is 7.99. The molecule has 1 saturated heterocycles. The van der Waals surface area contributed by atoms with E-state index in [-0.39, 0.29) is 17.9 Å². The average molecular weight is 512 g/mol. The summed E-state index contributed by atoms with van der Waals surface area (Å²) < 4.78 is 5.40. The van der Waals surface area contributed by atoms with Gasteiger partial charge in [0.15, 0.2) is 5.58 Å². The quantitative estimate of drug-likeness (QED) is 0.368. The third kappa shape index (κ3) is 4.33. The lowest BCUT2D eigenvalue weighted by molar-refractivity contribution is 0.0732. The minimum atomic E-state index is -0.225. The molecule has 9 heteroatoms.